The van der Waals surface area contributed by atoms with Crippen molar-refractivity contribution in [2.45, 2.75) is 31.7 Å². The van der Waals surface area contributed by atoms with Crippen molar-refractivity contribution in [3.8, 4) is 0 Å². The van der Waals surface area contributed by atoms with Gasteiger partial charge in [-0.3, -0.25) is 0 Å². The highest BCUT2D eigenvalue weighted by Gasteiger charge is 2.20. The fourth-order valence-corrected chi connectivity index (χ4v) is 2.81. The fraction of sp³-hybridized carbons (Fsp3) is 0.923. The molecule has 18 heavy (non-hydrogen) atoms. The average Bonchev–Trinajstić information content (AvgIpc) is 2.81. The van der Waals surface area contributed by atoms with Crippen LogP contribution in [-0.4, -0.2) is 56.7 Å². The molecule has 0 aromatic heterocycles. The second kappa shape index (κ2) is 6.95. The third-order valence-corrected chi connectivity index (χ3v) is 3.96. The number of carbonyl (C=O) groups excluding carboxylic acids is 1. The van der Waals surface area contributed by atoms with E-state index in [1.807, 2.05) is 0 Å². The SMILES string of the molecule is CN1CCC(CNC(=O)NCC2CCCCN2)C1. The van der Waals surface area contributed by atoms with E-state index in [2.05, 4.69) is 27.9 Å². The van der Waals surface area contributed by atoms with Crippen molar-refractivity contribution in [2.24, 2.45) is 5.92 Å². The molecule has 2 aliphatic heterocycles. The van der Waals surface area contributed by atoms with Gasteiger partial charge in [-0.2, -0.15) is 0 Å². The van der Waals surface area contributed by atoms with E-state index in [0.29, 0.717) is 12.0 Å². The molecule has 2 amide bonds. The summed E-state index contributed by atoms with van der Waals surface area (Å²) in [4.78, 5) is 14.0. The second-order valence-electron chi connectivity index (χ2n) is 5.65. The van der Waals surface area contributed by atoms with Crippen LogP contribution in [0.3, 0.4) is 0 Å². The third kappa shape index (κ3) is 4.46. The van der Waals surface area contributed by atoms with Gasteiger partial charge in [0.2, 0.25) is 0 Å². The molecular formula is C13H26N4O. The van der Waals surface area contributed by atoms with Gasteiger partial charge in [0.15, 0.2) is 0 Å². The van der Waals surface area contributed by atoms with Gasteiger partial charge in [-0.15, -0.1) is 0 Å². The number of carbonyl (C=O) groups is 1. The van der Waals surface area contributed by atoms with Crippen LogP contribution in [0.1, 0.15) is 25.7 Å². The molecule has 2 aliphatic rings. The van der Waals surface area contributed by atoms with Crippen molar-refractivity contribution in [3.05, 3.63) is 0 Å². The molecule has 2 rings (SSSR count). The van der Waals surface area contributed by atoms with Gasteiger partial charge < -0.3 is 20.9 Å². The number of hydrogen-bond acceptors (Lipinski definition) is 3. The smallest absolute Gasteiger partial charge is 0.314 e. The van der Waals surface area contributed by atoms with E-state index in [1.54, 1.807) is 0 Å². The first-order chi connectivity index (χ1) is 8.74. The summed E-state index contributed by atoms with van der Waals surface area (Å²) in [6.45, 7) is 4.89. The molecule has 2 fully saturated rings. The normalized spacial score (nSPS) is 29.2. The molecule has 2 saturated heterocycles. The summed E-state index contributed by atoms with van der Waals surface area (Å²) >= 11 is 0. The van der Waals surface area contributed by atoms with Gasteiger partial charge in [0.1, 0.15) is 0 Å². The Kier molecular flexibility index (Phi) is 5.26. The van der Waals surface area contributed by atoms with Crippen molar-refractivity contribution in [3.63, 3.8) is 0 Å². The minimum absolute atomic E-state index is 0.0167. The van der Waals surface area contributed by atoms with Crippen LogP contribution in [-0.2, 0) is 0 Å². The summed E-state index contributed by atoms with van der Waals surface area (Å²) in [6, 6.07) is 0.444. The Morgan fingerprint density at radius 3 is 2.78 bits per heavy atom. The first-order valence-corrected chi connectivity index (χ1v) is 7.17. The summed E-state index contributed by atoms with van der Waals surface area (Å²) in [7, 11) is 2.13. The molecule has 0 bridgehead atoms. The highest BCUT2D eigenvalue weighted by atomic mass is 16.2. The second-order valence-corrected chi connectivity index (χ2v) is 5.65. The van der Waals surface area contributed by atoms with Crippen molar-refractivity contribution in [2.75, 3.05) is 39.8 Å². The highest BCUT2D eigenvalue weighted by Crippen LogP contribution is 2.12. The summed E-state index contributed by atoms with van der Waals surface area (Å²) in [5, 5.41) is 9.37. The molecule has 0 spiro atoms. The summed E-state index contributed by atoms with van der Waals surface area (Å²) in [6.07, 6.45) is 4.90. The van der Waals surface area contributed by atoms with Crippen molar-refractivity contribution < 1.29 is 4.79 Å². The van der Waals surface area contributed by atoms with E-state index in [9.17, 15) is 4.79 Å². The lowest BCUT2D eigenvalue weighted by Crippen LogP contribution is -2.47. The minimum atomic E-state index is -0.0167. The molecule has 2 unspecified atom stereocenters. The maximum absolute atomic E-state index is 11.7. The molecule has 104 valence electrons. The molecule has 0 aromatic rings. The van der Waals surface area contributed by atoms with Crippen LogP contribution in [0.25, 0.3) is 0 Å². The van der Waals surface area contributed by atoms with Crippen LogP contribution in [0, 0.1) is 5.92 Å². The van der Waals surface area contributed by atoms with E-state index in [0.717, 1.165) is 32.7 Å². The molecule has 2 atom stereocenters. The zero-order valence-electron chi connectivity index (χ0n) is 11.4. The minimum Gasteiger partial charge on any atom is -0.338 e. The van der Waals surface area contributed by atoms with Crippen LogP contribution < -0.4 is 16.0 Å². The van der Waals surface area contributed by atoms with E-state index in [1.165, 1.54) is 25.7 Å². The zero-order valence-corrected chi connectivity index (χ0v) is 11.4. The largest absolute Gasteiger partial charge is 0.338 e. The van der Waals surface area contributed by atoms with Gasteiger partial charge in [0.25, 0.3) is 0 Å². The molecule has 0 aliphatic carbocycles. The topological polar surface area (TPSA) is 56.4 Å². The molecule has 0 saturated carbocycles. The number of nitrogens with zero attached hydrogens (tertiary/aromatic N) is 1. The Bertz CT molecular complexity index is 255. The van der Waals surface area contributed by atoms with Crippen molar-refractivity contribution in [1.82, 2.24) is 20.9 Å². The Morgan fingerprint density at radius 2 is 2.11 bits per heavy atom. The zero-order chi connectivity index (χ0) is 12.8. The quantitative estimate of drug-likeness (QED) is 0.680. The molecule has 3 N–H and O–H groups in total. The number of piperidine rings is 1. The van der Waals surface area contributed by atoms with E-state index in [-0.39, 0.29) is 6.03 Å². The van der Waals surface area contributed by atoms with Crippen molar-refractivity contribution >= 4 is 6.03 Å². The Balaban J connectivity index is 1.54. The molecule has 0 radical (unpaired) electrons. The van der Waals surface area contributed by atoms with Crippen molar-refractivity contribution in [1.29, 1.82) is 0 Å². The highest BCUT2D eigenvalue weighted by molar-refractivity contribution is 5.73. The van der Waals surface area contributed by atoms with Crippen LogP contribution >= 0.6 is 0 Å². The van der Waals surface area contributed by atoms with Crippen LogP contribution in [0.5, 0.6) is 0 Å². The number of nitrogens with one attached hydrogen (secondary N) is 3. The Hall–Kier alpha value is -0.810. The molecule has 5 nitrogen and oxygen atoms in total. The molecular weight excluding hydrogens is 228 g/mol. The molecule has 2 heterocycles. The molecule has 5 heteroatoms. The van der Waals surface area contributed by atoms with E-state index in [4.69, 9.17) is 0 Å². The summed E-state index contributed by atoms with van der Waals surface area (Å²) < 4.78 is 0. The maximum atomic E-state index is 11.7. The number of urea groups is 1. The van der Waals surface area contributed by atoms with Gasteiger partial charge in [0, 0.05) is 25.7 Å². The predicted octanol–water partition coefficient (Wildman–Crippen LogP) is 0.379. The lowest BCUT2D eigenvalue weighted by Gasteiger charge is -2.23. The van der Waals surface area contributed by atoms with Crippen LogP contribution in [0.15, 0.2) is 0 Å². The Morgan fingerprint density at radius 1 is 1.28 bits per heavy atom. The number of hydrogen-bond donors (Lipinski definition) is 3. The van der Waals surface area contributed by atoms with Gasteiger partial charge in [0.05, 0.1) is 0 Å². The monoisotopic (exact) mass is 254 g/mol. The lowest BCUT2D eigenvalue weighted by atomic mass is 10.1. The van der Waals surface area contributed by atoms with E-state index >= 15 is 0 Å². The standard InChI is InChI=1S/C13H26N4O/c1-17-7-5-11(10-17)8-15-13(18)16-9-12-4-2-3-6-14-12/h11-12,14H,2-10H2,1H3,(H2,15,16,18). The van der Waals surface area contributed by atoms with E-state index < -0.39 is 0 Å². The Labute approximate surface area is 110 Å². The number of rotatable bonds is 4. The van der Waals surface area contributed by atoms with Gasteiger partial charge >= 0.3 is 6.03 Å². The van der Waals surface area contributed by atoms with Gasteiger partial charge in [-0.05, 0) is 45.3 Å². The van der Waals surface area contributed by atoms with Crippen LogP contribution in [0.2, 0.25) is 0 Å². The number of likely N-dealkylation sites (tertiary alicyclic amines) is 1. The third-order valence-electron chi connectivity index (χ3n) is 3.96. The van der Waals surface area contributed by atoms with Gasteiger partial charge in [-0.25, -0.2) is 4.79 Å². The van der Waals surface area contributed by atoms with Gasteiger partial charge in [-0.1, -0.05) is 6.42 Å². The summed E-state index contributed by atoms with van der Waals surface area (Å²) in [5.41, 5.74) is 0. The van der Waals surface area contributed by atoms with Crippen LogP contribution in [0.4, 0.5) is 4.79 Å². The average molecular weight is 254 g/mol. The lowest BCUT2D eigenvalue weighted by molar-refractivity contribution is 0.236. The first-order valence-electron chi connectivity index (χ1n) is 7.17. The predicted molar refractivity (Wildman–Crippen MR) is 72.6 cm³/mol. The first kappa shape index (κ1) is 13.6. The molecule has 0 aromatic carbocycles. The fourth-order valence-electron chi connectivity index (χ4n) is 2.81. The number of amides is 2. The summed E-state index contributed by atoms with van der Waals surface area (Å²) in [5.74, 6) is 0.619. The maximum Gasteiger partial charge on any atom is 0.314 e.